The maximum Gasteiger partial charge on any atom is 0.231 e. The summed E-state index contributed by atoms with van der Waals surface area (Å²) in [6.45, 7) is 1.53. The first-order valence-electron chi connectivity index (χ1n) is 10.2. The molecule has 0 radical (unpaired) electrons. The van der Waals surface area contributed by atoms with Crippen LogP contribution in [0.15, 0.2) is 58.8 Å². The number of ketones is 1. The lowest BCUT2D eigenvalue weighted by molar-refractivity contribution is 0.0873. The molecule has 0 amide bonds. The van der Waals surface area contributed by atoms with Gasteiger partial charge < -0.3 is 14.2 Å². The third-order valence-corrected chi connectivity index (χ3v) is 6.65. The molecule has 0 saturated carbocycles. The first kappa shape index (κ1) is 22.3. The number of hydrogen-bond donors (Lipinski definition) is 0. The SMILES string of the molecule is COc1ccc(Br)cc1/C=C1\Oc2c(ccc3c2CN(Cc2ccc(Cl)cc2Cl)CO3)C1=O. The van der Waals surface area contributed by atoms with Gasteiger partial charge in [-0.15, -0.1) is 0 Å². The Morgan fingerprint density at radius 3 is 2.79 bits per heavy atom. The number of nitrogens with zero attached hydrogens (tertiary/aromatic N) is 1. The van der Waals surface area contributed by atoms with E-state index in [0.717, 1.165) is 21.2 Å². The number of halogens is 3. The van der Waals surface area contributed by atoms with Gasteiger partial charge in [0.1, 0.15) is 24.0 Å². The highest BCUT2D eigenvalue weighted by molar-refractivity contribution is 9.10. The van der Waals surface area contributed by atoms with Crippen LogP contribution in [-0.2, 0) is 13.1 Å². The maximum absolute atomic E-state index is 13.1. The van der Waals surface area contributed by atoms with E-state index in [9.17, 15) is 4.79 Å². The minimum atomic E-state index is -0.173. The topological polar surface area (TPSA) is 48.0 Å². The van der Waals surface area contributed by atoms with Crippen LogP contribution >= 0.6 is 39.1 Å². The van der Waals surface area contributed by atoms with Crippen molar-refractivity contribution in [2.75, 3.05) is 13.8 Å². The summed E-state index contributed by atoms with van der Waals surface area (Å²) in [6, 6.07) is 14.6. The summed E-state index contributed by atoms with van der Waals surface area (Å²) >= 11 is 15.8. The van der Waals surface area contributed by atoms with Gasteiger partial charge in [-0.3, -0.25) is 9.69 Å². The van der Waals surface area contributed by atoms with E-state index in [1.807, 2.05) is 36.4 Å². The van der Waals surface area contributed by atoms with Crippen LogP contribution in [0.5, 0.6) is 17.2 Å². The molecule has 0 N–H and O–H groups in total. The monoisotopic (exact) mass is 545 g/mol. The highest BCUT2D eigenvalue weighted by Crippen LogP contribution is 2.42. The second-order valence-corrected chi connectivity index (χ2v) is 9.50. The predicted molar refractivity (Wildman–Crippen MR) is 131 cm³/mol. The highest BCUT2D eigenvalue weighted by atomic mass is 79.9. The molecule has 33 heavy (non-hydrogen) atoms. The van der Waals surface area contributed by atoms with Gasteiger partial charge in [0.2, 0.25) is 5.78 Å². The molecule has 0 aliphatic carbocycles. The van der Waals surface area contributed by atoms with E-state index in [4.69, 9.17) is 37.4 Å². The minimum Gasteiger partial charge on any atom is -0.496 e. The number of benzene rings is 3. The Morgan fingerprint density at radius 2 is 2.00 bits per heavy atom. The Hall–Kier alpha value is -2.51. The largest absolute Gasteiger partial charge is 0.496 e. The second-order valence-electron chi connectivity index (χ2n) is 7.74. The normalized spacial score (nSPS) is 16.2. The number of fused-ring (bicyclic) bond motifs is 3. The number of methoxy groups -OCH3 is 1. The van der Waals surface area contributed by atoms with Crippen LogP contribution < -0.4 is 14.2 Å². The van der Waals surface area contributed by atoms with Crippen LogP contribution in [0.3, 0.4) is 0 Å². The van der Waals surface area contributed by atoms with E-state index in [-0.39, 0.29) is 11.5 Å². The van der Waals surface area contributed by atoms with Gasteiger partial charge in [0.05, 0.1) is 18.2 Å². The summed E-state index contributed by atoms with van der Waals surface area (Å²) < 4.78 is 18.3. The zero-order valence-electron chi connectivity index (χ0n) is 17.5. The van der Waals surface area contributed by atoms with Gasteiger partial charge in [-0.1, -0.05) is 45.2 Å². The van der Waals surface area contributed by atoms with Crippen molar-refractivity contribution in [3.63, 3.8) is 0 Å². The van der Waals surface area contributed by atoms with Crippen molar-refractivity contribution in [1.29, 1.82) is 0 Å². The molecule has 3 aromatic rings. The summed E-state index contributed by atoms with van der Waals surface area (Å²) in [7, 11) is 1.59. The lowest BCUT2D eigenvalue weighted by atomic mass is 10.0. The predicted octanol–water partition coefficient (Wildman–Crippen LogP) is 6.73. The standard InChI is InChI=1S/C25H18BrCl2NO4/c1-31-21-6-3-16(26)8-15(21)9-23-24(30)18-5-7-22-19(25(18)33-23)12-29(13-32-22)11-14-2-4-17(27)10-20(14)28/h2-10H,11-13H2,1H3/b23-9-. The lowest BCUT2D eigenvalue weighted by Gasteiger charge is -2.30. The first-order chi connectivity index (χ1) is 15.9. The zero-order chi connectivity index (χ0) is 23.1. The molecule has 0 bridgehead atoms. The van der Waals surface area contributed by atoms with Gasteiger partial charge in [0, 0.05) is 33.2 Å². The third kappa shape index (κ3) is 4.36. The van der Waals surface area contributed by atoms with E-state index < -0.39 is 0 Å². The Balaban J connectivity index is 1.44. The fraction of sp³-hybridized carbons (Fsp3) is 0.160. The maximum atomic E-state index is 13.1. The van der Waals surface area contributed by atoms with Gasteiger partial charge in [-0.2, -0.15) is 0 Å². The molecule has 0 atom stereocenters. The van der Waals surface area contributed by atoms with Gasteiger partial charge in [-0.05, 0) is 54.1 Å². The van der Waals surface area contributed by atoms with Crippen molar-refractivity contribution in [2.24, 2.45) is 0 Å². The lowest BCUT2D eigenvalue weighted by Crippen LogP contribution is -2.31. The van der Waals surface area contributed by atoms with Crippen LogP contribution in [0.1, 0.15) is 27.0 Å². The quantitative estimate of drug-likeness (QED) is 0.339. The average molecular weight is 547 g/mol. The van der Waals surface area contributed by atoms with E-state index >= 15 is 0 Å². The van der Waals surface area contributed by atoms with E-state index in [0.29, 0.717) is 52.7 Å². The number of rotatable bonds is 4. The number of allylic oxidation sites excluding steroid dienone is 1. The van der Waals surface area contributed by atoms with Crippen molar-refractivity contribution < 1.29 is 19.0 Å². The summed E-state index contributed by atoms with van der Waals surface area (Å²) in [5.41, 5.74) is 3.04. The highest BCUT2D eigenvalue weighted by Gasteiger charge is 2.34. The molecule has 2 aliphatic heterocycles. The number of Topliss-reactive ketones (excluding diaryl/α,β-unsaturated/α-hetero) is 1. The minimum absolute atomic E-state index is 0.173. The molecular formula is C25H18BrCl2NO4. The third-order valence-electron chi connectivity index (χ3n) is 5.57. The molecule has 3 aromatic carbocycles. The van der Waals surface area contributed by atoms with Crippen molar-refractivity contribution in [2.45, 2.75) is 13.1 Å². The summed E-state index contributed by atoms with van der Waals surface area (Å²) in [4.78, 5) is 15.2. The Labute approximate surface area is 209 Å². The molecule has 2 heterocycles. The molecule has 0 aromatic heterocycles. The van der Waals surface area contributed by atoms with E-state index in [2.05, 4.69) is 20.8 Å². The number of hydrogen-bond acceptors (Lipinski definition) is 5. The Bertz CT molecular complexity index is 1310. The van der Waals surface area contributed by atoms with Crippen LogP contribution in [-0.4, -0.2) is 24.5 Å². The van der Waals surface area contributed by atoms with Crippen molar-refractivity contribution in [3.8, 4) is 17.2 Å². The fourth-order valence-corrected chi connectivity index (χ4v) is 4.80. The molecule has 5 rings (SSSR count). The smallest absolute Gasteiger partial charge is 0.231 e. The number of carbonyl (C=O) groups is 1. The number of ether oxygens (including phenoxy) is 3. The molecule has 0 unspecified atom stereocenters. The van der Waals surface area contributed by atoms with Gasteiger partial charge >= 0.3 is 0 Å². The van der Waals surface area contributed by atoms with Gasteiger partial charge in [0.25, 0.3) is 0 Å². The average Bonchev–Trinajstić information content (AvgIpc) is 3.11. The van der Waals surface area contributed by atoms with Crippen LogP contribution in [0.2, 0.25) is 10.0 Å². The molecule has 8 heteroatoms. The Kier molecular flexibility index (Phi) is 6.10. The van der Waals surface area contributed by atoms with Crippen LogP contribution in [0.4, 0.5) is 0 Å². The van der Waals surface area contributed by atoms with Crippen LogP contribution in [0.25, 0.3) is 6.08 Å². The zero-order valence-corrected chi connectivity index (χ0v) is 20.6. The molecule has 5 nitrogen and oxygen atoms in total. The molecular weight excluding hydrogens is 529 g/mol. The number of carbonyl (C=O) groups excluding carboxylic acids is 1. The summed E-state index contributed by atoms with van der Waals surface area (Å²) in [5.74, 6) is 1.96. The van der Waals surface area contributed by atoms with E-state index in [1.165, 1.54) is 0 Å². The molecule has 2 aliphatic rings. The van der Waals surface area contributed by atoms with Gasteiger partial charge in [-0.25, -0.2) is 0 Å². The second kappa shape index (κ2) is 9.03. The fourth-order valence-electron chi connectivity index (χ4n) is 3.96. The van der Waals surface area contributed by atoms with Crippen LogP contribution in [0, 0.1) is 0 Å². The summed E-state index contributed by atoms with van der Waals surface area (Å²) in [5, 5.41) is 1.20. The Morgan fingerprint density at radius 1 is 1.15 bits per heavy atom. The molecule has 0 spiro atoms. The molecule has 0 saturated heterocycles. The summed E-state index contributed by atoms with van der Waals surface area (Å²) in [6.07, 6.45) is 1.70. The molecule has 168 valence electrons. The van der Waals surface area contributed by atoms with Crippen molar-refractivity contribution >= 4 is 51.0 Å². The van der Waals surface area contributed by atoms with Crippen molar-refractivity contribution in [3.05, 3.63) is 91.1 Å². The van der Waals surface area contributed by atoms with Crippen molar-refractivity contribution in [1.82, 2.24) is 4.90 Å². The van der Waals surface area contributed by atoms with Gasteiger partial charge in [0.15, 0.2) is 5.76 Å². The molecule has 0 fully saturated rings. The van der Waals surface area contributed by atoms with E-state index in [1.54, 1.807) is 25.3 Å². The first-order valence-corrected chi connectivity index (χ1v) is 11.7.